The maximum atomic E-state index is 12.3. The van der Waals surface area contributed by atoms with Crippen molar-refractivity contribution in [1.29, 1.82) is 5.26 Å². The van der Waals surface area contributed by atoms with E-state index in [1.807, 2.05) is 24.3 Å². The first kappa shape index (κ1) is 24.3. The Morgan fingerprint density at radius 3 is 2.21 bits per heavy atom. The van der Waals surface area contributed by atoms with E-state index in [0.717, 1.165) is 11.1 Å². The van der Waals surface area contributed by atoms with Crippen LogP contribution in [-0.2, 0) is 6.42 Å². The van der Waals surface area contributed by atoms with Gasteiger partial charge in [-0.2, -0.15) is 5.26 Å². The Bertz CT molecular complexity index is 1130. The molecule has 0 aliphatic heterocycles. The third-order valence-electron chi connectivity index (χ3n) is 4.68. The second-order valence-electron chi connectivity index (χ2n) is 6.99. The number of hydrazine groups is 1. The second-order valence-corrected chi connectivity index (χ2v) is 7.81. The van der Waals surface area contributed by atoms with Crippen molar-refractivity contribution in [2.45, 2.75) is 18.8 Å². The van der Waals surface area contributed by atoms with Gasteiger partial charge in [0.25, 0.3) is 0 Å². The molecule has 3 N–H and O–H groups in total. The molecule has 0 radical (unpaired) electrons. The van der Waals surface area contributed by atoms with Crippen molar-refractivity contribution in [1.82, 2.24) is 5.01 Å². The SMILES string of the molecule is N#Cc1ccc(CC(c2ccc(Cl)cc2)N(N)C(=S)Nc2ccc(OC(F)(F)F)cc2)cc1. The number of benzene rings is 3. The molecule has 3 aromatic carbocycles. The average molecular weight is 491 g/mol. The highest BCUT2D eigenvalue weighted by Gasteiger charge is 2.31. The lowest BCUT2D eigenvalue weighted by molar-refractivity contribution is -0.274. The van der Waals surface area contributed by atoms with E-state index in [-0.39, 0.29) is 16.9 Å². The molecule has 10 heteroatoms. The smallest absolute Gasteiger partial charge is 0.406 e. The lowest BCUT2D eigenvalue weighted by Gasteiger charge is -2.30. The van der Waals surface area contributed by atoms with Gasteiger partial charge >= 0.3 is 6.36 Å². The minimum absolute atomic E-state index is 0.160. The van der Waals surface area contributed by atoms with Crippen LogP contribution in [0.1, 0.15) is 22.7 Å². The number of halogens is 4. The molecule has 0 aromatic heterocycles. The van der Waals surface area contributed by atoms with Gasteiger partial charge in [-0.3, -0.25) is 5.01 Å². The fourth-order valence-electron chi connectivity index (χ4n) is 3.07. The molecule has 0 heterocycles. The zero-order valence-corrected chi connectivity index (χ0v) is 18.6. The quantitative estimate of drug-likeness (QED) is 0.252. The van der Waals surface area contributed by atoms with Crippen molar-refractivity contribution < 1.29 is 17.9 Å². The van der Waals surface area contributed by atoms with Crippen molar-refractivity contribution >= 4 is 34.6 Å². The molecule has 3 rings (SSSR count). The molecule has 0 aliphatic carbocycles. The van der Waals surface area contributed by atoms with E-state index in [1.165, 1.54) is 29.3 Å². The van der Waals surface area contributed by atoms with Crippen molar-refractivity contribution in [3.05, 3.63) is 94.5 Å². The van der Waals surface area contributed by atoms with Crippen molar-refractivity contribution in [3.63, 3.8) is 0 Å². The summed E-state index contributed by atoms with van der Waals surface area (Å²) in [5, 5.41) is 14.0. The standard InChI is InChI=1S/C23H18ClF3N4OS/c24-18-7-5-17(6-8-18)21(13-15-1-3-16(14-28)4-2-15)31(29)22(33)30-19-9-11-20(12-10-19)32-23(25,26)27/h1-12,21H,13,29H2,(H,30,33). The molecule has 0 spiro atoms. The fourth-order valence-corrected chi connectivity index (χ4v) is 3.44. The molecule has 3 aromatic rings. The number of alkyl halides is 3. The minimum Gasteiger partial charge on any atom is -0.406 e. The summed E-state index contributed by atoms with van der Waals surface area (Å²) in [4.78, 5) is 0. The van der Waals surface area contributed by atoms with Crippen LogP contribution in [0.2, 0.25) is 5.02 Å². The molecular weight excluding hydrogens is 473 g/mol. The van der Waals surface area contributed by atoms with Crippen LogP contribution < -0.4 is 15.9 Å². The van der Waals surface area contributed by atoms with E-state index in [9.17, 15) is 13.2 Å². The van der Waals surface area contributed by atoms with Crippen molar-refractivity contribution in [3.8, 4) is 11.8 Å². The topological polar surface area (TPSA) is 74.3 Å². The van der Waals surface area contributed by atoms with E-state index in [2.05, 4.69) is 16.1 Å². The summed E-state index contributed by atoms with van der Waals surface area (Å²) < 4.78 is 40.9. The number of anilines is 1. The molecule has 1 unspecified atom stereocenters. The predicted octanol–water partition coefficient (Wildman–Crippen LogP) is 5.97. The number of nitrogens with two attached hydrogens (primary N) is 1. The molecule has 0 saturated carbocycles. The molecule has 33 heavy (non-hydrogen) atoms. The van der Waals surface area contributed by atoms with Gasteiger partial charge in [0.1, 0.15) is 5.75 Å². The predicted molar refractivity (Wildman–Crippen MR) is 124 cm³/mol. The largest absolute Gasteiger partial charge is 0.573 e. The van der Waals surface area contributed by atoms with Crippen LogP contribution >= 0.6 is 23.8 Å². The first-order valence-electron chi connectivity index (χ1n) is 9.60. The number of nitrogens with zero attached hydrogens (tertiary/aromatic N) is 2. The molecular formula is C23H18ClF3N4OS. The molecule has 5 nitrogen and oxygen atoms in total. The van der Waals surface area contributed by atoms with Gasteiger partial charge in [-0.15, -0.1) is 13.2 Å². The van der Waals surface area contributed by atoms with Crippen molar-refractivity contribution in [2.24, 2.45) is 5.84 Å². The van der Waals surface area contributed by atoms with Crippen LogP contribution in [0.25, 0.3) is 0 Å². The van der Waals surface area contributed by atoms with E-state index in [4.69, 9.17) is 34.9 Å². The van der Waals surface area contributed by atoms with Gasteiger partial charge in [0.05, 0.1) is 17.7 Å². The summed E-state index contributed by atoms with van der Waals surface area (Å²) in [7, 11) is 0. The van der Waals surface area contributed by atoms with Gasteiger partial charge in [-0.05, 0) is 78.3 Å². The fraction of sp³-hybridized carbons (Fsp3) is 0.130. The maximum absolute atomic E-state index is 12.3. The molecule has 0 saturated heterocycles. The van der Waals surface area contributed by atoms with Gasteiger partial charge in [-0.1, -0.05) is 35.9 Å². The first-order valence-corrected chi connectivity index (χ1v) is 10.4. The Hall–Kier alpha value is -3.32. The zero-order chi connectivity index (χ0) is 24.0. The number of thiocarbonyl (C=S) groups is 1. The first-order chi connectivity index (χ1) is 15.6. The number of hydrogen-bond acceptors (Lipinski definition) is 4. The lowest BCUT2D eigenvalue weighted by Crippen LogP contribution is -2.44. The van der Waals surface area contributed by atoms with E-state index < -0.39 is 6.36 Å². The summed E-state index contributed by atoms with van der Waals surface area (Å²) >= 11 is 11.5. The Labute approximate surface area is 199 Å². The highest BCUT2D eigenvalue weighted by Crippen LogP contribution is 2.27. The van der Waals surface area contributed by atoms with E-state index in [0.29, 0.717) is 22.7 Å². The number of ether oxygens (including phenoxy) is 1. The molecule has 0 fully saturated rings. The van der Waals surface area contributed by atoms with E-state index >= 15 is 0 Å². The van der Waals surface area contributed by atoms with Crippen LogP contribution in [0.5, 0.6) is 5.75 Å². The Morgan fingerprint density at radius 1 is 1.06 bits per heavy atom. The normalized spacial score (nSPS) is 11.9. The summed E-state index contributed by atoms with van der Waals surface area (Å²) in [6, 6.07) is 21.1. The van der Waals surface area contributed by atoms with Crippen LogP contribution in [0, 0.1) is 11.3 Å². The molecule has 1 atom stereocenters. The Morgan fingerprint density at radius 2 is 1.67 bits per heavy atom. The minimum atomic E-state index is -4.77. The summed E-state index contributed by atoms with van der Waals surface area (Å²) in [5.41, 5.74) is 2.77. The maximum Gasteiger partial charge on any atom is 0.573 e. The summed E-state index contributed by atoms with van der Waals surface area (Å²) in [6.07, 6.45) is -4.29. The number of nitrogens with one attached hydrogen (secondary N) is 1. The van der Waals surface area contributed by atoms with Crippen LogP contribution in [0.3, 0.4) is 0 Å². The molecule has 0 aliphatic rings. The monoisotopic (exact) mass is 490 g/mol. The van der Waals surface area contributed by atoms with Crippen LogP contribution in [-0.4, -0.2) is 16.5 Å². The summed E-state index contributed by atoms with van der Waals surface area (Å²) in [6.45, 7) is 0. The van der Waals surface area contributed by atoms with Gasteiger partial charge < -0.3 is 10.1 Å². The number of hydrogen-bond donors (Lipinski definition) is 2. The average Bonchev–Trinajstić information content (AvgIpc) is 2.78. The van der Waals surface area contributed by atoms with Crippen LogP contribution in [0.4, 0.5) is 18.9 Å². The Balaban J connectivity index is 1.78. The van der Waals surface area contributed by atoms with E-state index in [1.54, 1.807) is 24.3 Å². The molecule has 170 valence electrons. The second kappa shape index (κ2) is 10.5. The van der Waals surface area contributed by atoms with Gasteiger partial charge in [0.2, 0.25) is 0 Å². The van der Waals surface area contributed by atoms with Gasteiger partial charge in [-0.25, -0.2) is 5.84 Å². The van der Waals surface area contributed by atoms with Crippen molar-refractivity contribution in [2.75, 3.05) is 5.32 Å². The van der Waals surface area contributed by atoms with Crippen LogP contribution in [0.15, 0.2) is 72.8 Å². The van der Waals surface area contributed by atoms with Gasteiger partial charge in [0, 0.05) is 10.7 Å². The molecule has 0 amide bonds. The Kier molecular flexibility index (Phi) is 7.76. The zero-order valence-electron chi connectivity index (χ0n) is 17.0. The third kappa shape index (κ3) is 7.08. The third-order valence-corrected chi connectivity index (χ3v) is 5.24. The summed E-state index contributed by atoms with van der Waals surface area (Å²) in [5.74, 6) is 6.02. The number of rotatable bonds is 6. The number of nitriles is 1. The molecule has 0 bridgehead atoms. The lowest BCUT2D eigenvalue weighted by atomic mass is 9.98. The highest BCUT2D eigenvalue weighted by atomic mass is 35.5. The van der Waals surface area contributed by atoms with Gasteiger partial charge in [0.15, 0.2) is 5.11 Å². The highest BCUT2D eigenvalue weighted by molar-refractivity contribution is 7.80.